The minimum absolute atomic E-state index is 0.0335. The highest BCUT2D eigenvalue weighted by Gasteiger charge is 2.46. The van der Waals surface area contributed by atoms with Crippen LogP contribution in [-0.4, -0.2) is 36.4 Å². The zero-order valence-electron chi connectivity index (χ0n) is 12.4. The number of hydrogen-bond donors (Lipinski definition) is 0. The minimum Gasteiger partial charge on any atom is -0.374 e. The van der Waals surface area contributed by atoms with Gasteiger partial charge in [0.25, 0.3) is 0 Å². The number of fused-ring (bicyclic) bond motifs is 5. The van der Waals surface area contributed by atoms with Crippen LogP contribution in [0.1, 0.15) is 42.5 Å². The third kappa shape index (κ3) is 2.94. The molecule has 0 N–H and O–H groups in total. The van der Waals surface area contributed by atoms with Crippen LogP contribution in [0.25, 0.3) is 0 Å². The third-order valence-corrected chi connectivity index (χ3v) is 4.46. The summed E-state index contributed by atoms with van der Waals surface area (Å²) in [6.45, 7) is -1.65. The Morgan fingerprint density at radius 1 is 1.22 bits per heavy atom. The average molecular weight is 331 g/mol. The summed E-state index contributed by atoms with van der Waals surface area (Å²) in [5.74, 6) is -4.36. The molecule has 2 atom stereocenters. The number of alkyl halides is 4. The largest absolute Gasteiger partial charge is 0.374 e. The molecule has 3 nitrogen and oxygen atoms in total. The van der Waals surface area contributed by atoms with Crippen LogP contribution < -0.4 is 0 Å². The van der Waals surface area contributed by atoms with Gasteiger partial charge in [0.15, 0.2) is 0 Å². The van der Waals surface area contributed by atoms with E-state index in [1.54, 1.807) is 4.90 Å². The van der Waals surface area contributed by atoms with Crippen molar-refractivity contribution in [3.05, 3.63) is 35.4 Å². The number of benzene rings is 1. The van der Waals surface area contributed by atoms with Crippen molar-refractivity contribution in [1.29, 1.82) is 0 Å². The molecule has 23 heavy (non-hydrogen) atoms. The third-order valence-electron chi connectivity index (χ3n) is 4.46. The zero-order chi connectivity index (χ0) is 16.6. The predicted octanol–water partition coefficient (Wildman–Crippen LogP) is 3.71. The Kier molecular flexibility index (Phi) is 4.31. The van der Waals surface area contributed by atoms with Gasteiger partial charge in [-0.25, -0.2) is 8.78 Å². The van der Waals surface area contributed by atoms with E-state index in [-0.39, 0.29) is 31.0 Å². The lowest BCUT2D eigenvalue weighted by atomic mass is 9.92. The number of nitrogens with zero attached hydrogens (tertiary/aromatic N) is 1. The van der Waals surface area contributed by atoms with Gasteiger partial charge in [0.1, 0.15) is 6.61 Å². The van der Waals surface area contributed by atoms with Gasteiger partial charge in [0.05, 0.1) is 25.1 Å². The van der Waals surface area contributed by atoms with E-state index in [0.29, 0.717) is 0 Å². The van der Waals surface area contributed by atoms with Crippen molar-refractivity contribution in [1.82, 2.24) is 4.90 Å². The molecule has 1 amide bonds. The first kappa shape index (κ1) is 16.2. The Balaban J connectivity index is 1.53. The predicted molar refractivity (Wildman–Crippen MR) is 74.4 cm³/mol. The average Bonchev–Trinajstić information content (AvgIpc) is 3.08. The summed E-state index contributed by atoms with van der Waals surface area (Å²) in [5.41, 5.74) is 2.28. The van der Waals surface area contributed by atoms with Crippen molar-refractivity contribution in [2.75, 3.05) is 13.2 Å². The number of hydrogen-bond acceptors (Lipinski definition) is 2. The Labute approximate surface area is 131 Å². The van der Waals surface area contributed by atoms with Crippen LogP contribution >= 0.6 is 0 Å². The SMILES string of the molecule is O=C(CCOCC(F)(F)C(F)F)N1C2CCC1c1ccccc12. The van der Waals surface area contributed by atoms with Gasteiger partial charge in [-0.3, -0.25) is 4.79 Å². The molecule has 2 bridgehead atoms. The monoisotopic (exact) mass is 331 g/mol. The Morgan fingerprint density at radius 2 is 1.78 bits per heavy atom. The molecular formula is C16H17F4NO2. The molecule has 0 radical (unpaired) electrons. The second-order valence-corrected chi connectivity index (χ2v) is 5.90. The lowest BCUT2D eigenvalue weighted by Gasteiger charge is -2.23. The first-order chi connectivity index (χ1) is 10.9. The normalized spacial score (nSPS) is 22.7. The maximum absolute atomic E-state index is 12.7. The van der Waals surface area contributed by atoms with Crippen molar-refractivity contribution < 1.29 is 27.1 Å². The van der Waals surface area contributed by atoms with Crippen LogP contribution in [0.2, 0.25) is 0 Å². The smallest absolute Gasteiger partial charge is 0.330 e. The van der Waals surface area contributed by atoms with Crippen LogP contribution in [0.5, 0.6) is 0 Å². The fraction of sp³-hybridized carbons (Fsp3) is 0.562. The molecule has 1 aromatic rings. The van der Waals surface area contributed by atoms with Gasteiger partial charge in [-0.05, 0) is 24.0 Å². The van der Waals surface area contributed by atoms with Gasteiger partial charge in [-0.2, -0.15) is 8.78 Å². The maximum atomic E-state index is 12.7. The molecule has 1 fully saturated rings. The fourth-order valence-electron chi connectivity index (χ4n) is 3.45. The molecule has 0 saturated carbocycles. The fourth-order valence-corrected chi connectivity index (χ4v) is 3.45. The van der Waals surface area contributed by atoms with Crippen molar-refractivity contribution in [3.8, 4) is 0 Å². The molecule has 2 unspecified atom stereocenters. The highest BCUT2D eigenvalue weighted by Crippen LogP contribution is 2.52. The zero-order valence-corrected chi connectivity index (χ0v) is 12.4. The summed E-state index contributed by atoms with van der Waals surface area (Å²) in [4.78, 5) is 14.1. The Morgan fingerprint density at radius 3 is 2.30 bits per heavy atom. The minimum atomic E-state index is -4.17. The molecule has 3 rings (SSSR count). The number of amides is 1. The second-order valence-electron chi connectivity index (χ2n) is 5.90. The lowest BCUT2D eigenvalue weighted by Crippen LogP contribution is -2.33. The molecule has 2 heterocycles. The van der Waals surface area contributed by atoms with Gasteiger partial charge in [0, 0.05) is 0 Å². The molecule has 1 saturated heterocycles. The quantitative estimate of drug-likeness (QED) is 0.587. The summed E-state index contributed by atoms with van der Waals surface area (Å²) in [7, 11) is 0. The van der Waals surface area contributed by atoms with Crippen LogP contribution in [0.4, 0.5) is 17.6 Å². The van der Waals surface area contributed by atoms with Crippen molar-refractivity contribution in [3.63, 3.8) is 0 Å². The maximum Gasteiger partial charge on any atom is 0.330 e. The first-order valence-electron chi connectivity index (χ1n) is 7.55. The molecule has 2 aliphatic heterocycles. The number of halogens is 4. The molecule has 7 heteroatoms. The van der Waals surface area contributed by atoms with E-state index in [0.717, 1.165) is 24.0 Å². The summed E-state index contributed by atoms with van der Waals surface area (Å²) in [6, 6.07) is 7.92. The summed E-state index contributed by atoms with van der Waals surface area (Å²) < 4.78 is 54.0. The van der Waals surface area contributed by atoms with E-state index in [1.165, 1.54) is 0 Å². The van der Waals surface area contributed by atoms with E-state index in [2.05, 4.69) is 4.74 Å². The van der Waals surface area contributed by atoms with Crippen LogP contribution in [0, 0.1) is 0 Å². The van der Waals surface area contributed by atoms with E-state index in [9.17, 15) is 22.4 Å². The standard InChI is InChI=1S/C16H17F4NO2/c17-15(18)16(19,20)9-23-8-7-14(22)21-12-5-6-13(21)11-4-2-1-3-10(11)12/h1-4,12-13,15H,5-9H2. The van der Waals surface area contributed by atoms with Crippen molar-refractivity contribution >= 4 is 5.91 Å². The summed E-state index contributed by atoms with van der Waals surface area (Å²) >= 11 is 0. The van der Waals surface area contributed by atoms with Crippen molar-refractivity contribution in [2.45, 2.75) is 43.7 Å². The molecule has 0 aromatic heterocycles. The lowest BCUT2D eigenvalue weighted by molar-refractivity contribution is -0.167. The van der Waals surface area contributed by atoms with Gasteiger partial charge in [-0.1, -0.05) is 24.3 Å². The number of ether oxygens (including phenoxy) is 1. The highest BCUT2D eigenvalue weighted by molar-refractivity contribution is 5.79. The highest BCUT2D eigenvalue weighted by atomic mass is 19.3. The Hall–Kier alpha value is -1.63. The first-order valence-corrected chi connectivity index (χ1v) is 7.55. The summed E-state index contributed by atoms with van der Waals surface area (Å²) in [6.07, 6.45) is -2.07. The molecule has 0 aliphatic carbocycles. The van der Waals surface area contributed by atoms with Crippen LogP contribution in [0.15, 0.2) is 24.3 Å². The molecule has 0 spiro atoms. The second kappa shape index (κ2) is 6.11. The van der Waals surface area contributed by atoms with E-state index < -0.39 is 19.0 Å². The number of rotatable bonds is 6. The van der Waals surface area contributed by atoms with E-state index in [1.807, 2.05) is 24.3 Å². The van der Waals surface area contributed by atoms with Gasteiger partial charge in [0.2, 0.25) is 5.91 Å². The van der Waals surface area contributed by atoms with Gasteiger partial charge in [-0.15, -0.1) is 0 Å². The van der Waals surface area contributed by atoms with Gasteiger partial charge < -0.3 is 9.64 Å². The topological polar surface area (TPSA) is 29.5 Å². The molecule has 126 valence electrons. The number of carbonyl (C=O) groups is 1. The molecular weight excluding hydrogens is 314 g/mol. The molecule has 1 aromatic carbocycles. The van der Waals surface area contributed by atoms with Crippen molar-refractivity contribution in [2.24, 2.45) is 0 Å². The van der Waals surface area contributed by atoms with Gasteiger partial charge >= 0.3 is 12.3 Å². The van der Waals surface area contributed by atoms with E-state index in [4.69, 9.17) is 0 Å². The molecule has 2 aliphatic rings. The summed E-state index contributed by atoms with van der Waals surface area (Å²) in [5, 5.41) is 0. The number of carbonyl (C=O) groups excluding carboxylic acids is 1. The van der Waals surface area contributed by atoms with Crippen LogP contribution in [0.3, 0.4) is 0 Å². The van der Waals surface area contributed by atoms with Crippen LogP contribution in [-0.2, 0) is 9.53 Å². The Bertz CT molecular complexity index is 562. The van der Waals surface area contributed by atoms with E-state index >= 15 is 0 Å².